The molecule has 0 bridgehead atoms. The van der Waals surface area contributed by atoms with Crippen LogP contribution < -0.4 is 5.73 Å². The molecule has 0 unspecified atom stereocenters. The fourth-order valence-corrected chi connectivity index (χ4v) is 1.40. The summed E-state index contributed by atoms with van der Waals surface area (Å²) in [4.78, 5) is 8.09. The standard InChI is InChI=1S/C10H8ClN3/c11-8-5-9(14-10(12)6-8)7-1-3-13-4-2-7/h1-6H,(H2,12,14). The summed E-state index contributed by atoms with van der Waals surface area (Å²) in [5.74, 6) is 0.421. The van der Waals surface area contributed by atoms with Gasteiger partial charge in [-0.25, -0.2) is 4.98 Å². The minimum absolute atomic E-state index is 0.421. The fraction of sp³-hybridized carbons (Fsp3) is 0. The number of halogens is 1. The number of anilines is 1. The first kappa shape index (κ1) is 8.97. The topological polar surface area (TPSA) is 51.8 Å². The summed E-state index contributed by atoms with van der Waals surface area (Å²) in [6, 6.07) is 7.11. The van der Waals surface area contributed by atoms with Gasteiger partial charge in [0, 0.05) is 23.0 Å². The summed E-state index contributed by atoms with van der Waals surface area (Å²) in [6.07, 6.45) is 3.40. The first-order valence-corrected chi connectivity index (χ1v) is 4.47. The van der Waals surface area contributed by atoms with Gasteiger partial charge in [-0.2, -0.15) is 0 Å². The Labute approximate surface area is 86.6 Å². The molecule has 0 aliphatic carbocycles. The van der Waals surface area contributed by atoms with Crippen molar-refractivity contribution < 1.29 is 0 Å². The van der Waals surface area contributed by atoms with Gasteiger partial charge in [0.05, 0.1) is 5.69 Å². The maximum atomic E-state index is 5.86. The lowest BCUT2D eigenvalue weighted by Gasteiger charge is -2.01. The number of nitrogens with zero attached hydrogens (tertiary/aromatic N) is 2. The van der Waals surface area contributed by atoms with E-state index >= 15 is 0 Å². The smallest absolute Gasteiger partial charge is 0.125 e. The molecule has 2 heterocycles. The Morgan fingerprint density at radius 3 is 2.50 bits per heavy atom. The molecule has 2 aromatic rings. The molecule has 0 saturated heterocycles. The molecule has 3 nitrogen and oxygen atoms in total. The third-order valence-electron chi connectivity index (χ3n) is 1.79. The van der Waals surface area contributed by atoms with Gasteiger partial charge in [-0.3, -0.25) is 4.98 Å². The monoisotopic (exact) mass is 205 g/mol. The van der Waals surface area contributed by atoms with Crippen molar-refractivity contribution in [1.29, 1.82) is 0 Å². The van der Waals surface area contributed by atoms with E-state index in [0.29, 0.717) is 10.8 Å². The Kier molecular flexibility index (Phi) is 2.33. The quantitative estimate of drug-likeness (QED) is 0.778. The first-order valence-electron chi connectivity index (χ1n) is 4.09. The van der Waals surface area contributed by atoms with Crippen molar-refractivity contribution in [1.82, 2.24) is 9.97 Å². The summed E-state index contributed by atoms with van der Waals surface area (Å²) >= 11 is 5.86. The van der Waals surface area contributed by atoms with E-state index in [1.54, 1.807) is 24.5 Å². The van der Waals surface area contributed by atoms with E-state index < -0.39 is 0 Å². The van der Waals surface area contributed by atoms with Gasteiger partial charge in [-0.05, 0) is 24.3 Å². The Morgan fingerprint density at radius 1 is 1.14 bits per heavy atom. The van der Waals surface area contributed by atoms with Crippen LogP contribution in [0.4, 0.5) is 5.82 Å². The molecule has 2 rings (SSSR count). The highest BCUT2D eigenvalue weighted by atomic mass is 35.5. The Morgan fingerprint density at radius 2 is 1.86 bits per heavy atom. The average Bonchev–Trinajstić information content (AvgIpc) is 2.18. The molecule has 2 aromatic heterocycles. The second-order valence-corrected chi connectivity index (χ2v) is 3.27. The molecule has 0 fully saturated rings. The summed E-state index contributed by atoms with van der Waals surface area (Å²) in [7, 11) is 0. The van der Waals surface area contributed by atoms with Gasteiger partial charge < -0.3 is 5.73 Å². The van der Waals surface area contributed by atoms with Crippen LogP contribution in [0, 0.1) is 0 Å². The van der Waals surface area contributed by atoms with Gasteiger partial charge in [0.25, 0.3) is 0 Å². The molecular formula is C10H8ClN3. The first-order chi connectivity index (χ1) is 6.75. The third-order valence-corrected chi connectivity index (χ3v) is 2.00. The molecule has 0 radical (unpaired) electrons. The number of hydrogen-bond donors (Lipinski definition) is 1. The number of nitrogens with two attached hydrogens (primary N) is 1. The van der Waals surface area contributed by atoms with Crippen LogP contribution >= 0.6 is 11.6 Å². The zero-order valence-electron chi connectivity index (χ0n) is 7.31. The lowest BCUT2D eigenvalue weighted by atomic mass is 10.2. The number of hydrogen-bond acceptors (Lipinski definition) is 3. The van der Waals surface area contributed by atoms with Crippen LogP contribution in [0.5, 0.6) is 0 Å². The molecule has 70 valence electrons. The van der Waals surface area contributed by atoms with E-state index in [1.807, 2.05) is 12.1 Å². The second kappa shape index (κ2) is 3.64. The van der Waals surface area contributed by atoms with Gasteiger partial charge in [-0.1, -0.05) is 11.6 Å². The molecule has 0 aliphatic rings. The molecule has 0 saturated carbocycles. The number of pyridine rings is 2. The Bertz CT molecular complexity index is 422. The van der Waals surface area contributed by atoms with E-state index in [-0.39, 0.29) is 0 Å². The van der Waals surface area contributed by atoms with E-state index in [1.165, 1.54) is 0 Å². The third kappa shape index (κ3) is 1.83. The lowest BCUT2D eigenvalue weighted by molar-refractivity contribution is 1.29. The van der Waals surface area contributed by atoms with Crippen molar-refractivity contribution >= 4 is 17.4 Å². The summed E-state index contributed by atoms with van der Waals surface area (Å²) in [5.41, 5.74) is 7.30. The van der Waals surface area contributed by atoms with E-state index in [4.69, 9.17) is 17.3 Å². The van der Waals surface area contributed by atoms with Crippen molar-refractivity contribution in [3.8, 4) is 11.3 Å². The summed E-state index contributed by atoms with van der Waals surface area (Å²) in [6.45, 7) is 0. The molecule has 0 atom stereocenters. The van der Waals surface area contributed by atoms with Crippen LogP contribution in [-0.4, -0.2) is 9.97 Å². The van der Waals surface area contributed by atoms with Crippen molar-refractivity contribution in [2.45, 2.75) is 0 Å². The molecule has 4 heteroatoms. The van der Waals surface area contributed by atoms with Crippen LogP contribution in [0.1, 0.15) is 0 Å². The highest BCUT2D eigenvalue weighted by Gasteiger charge is 2.01. The molecule has 0 spiro atoms. The number of nitrogen functional groups attached to an aromatic ring is 1. The van der Waals surface area contributed by atoms with Crippen molar-refractivity contribution in [3.05, 3.63) is 41.7 Å². The summed E-state index contributed by atoms with van der Waals surface area (Å²) < 4.78 is 0. The number of aromatic nitrogens is 2. The Balaban J connectivity index is 2.52. The number of rotatable bonds is 1. The molecule has 0 amide bonds. The van der Waals surface area contributed by atoms with Crippen LogP contribution in [-0.2, 0) is 0 Å². The molecule has 0 aliphatic heterocycles. The van der Waals surface area contributed by atoms with Crippen molar-refractivity contribution in [2.24, 2.45) is 0 Å². The second-order valence-electron chi connectivity index (χ2n) is 2.83. The summed E-state index contributed by atoms with van der Waals surface area (Å²) in [5, 5.41) is 0.587. The Hall–Kier alpha value is -1.61. The van der Waals surface area contributed by atoms with Crippen LogP contribution in [0.15, 0.2) is 36.7 Å². The zero-order valence-corrected chi connectivity index (χ0v) is 8.07. The van der Waals surface area contributed by atoms with Crippen LogP contribution in [0.25, 0.3) is 11.3 Å². The maximum absolute atomic E-state index is 5.86. The van der Waals surface area contributed by atoms with E-state index in [2.05, 4.69) is 9.97 Å². The van der Waals surface area contributed by atoms with Crippen LogP contribution in [0.2, 0.25) is 5.02 Å². The van der Waals surface area contributed by atoms with Gasteiger partial charge in [0.2, 0.25) is 0 Å². The normalized spacial score (nSPS) is 10.1. The van der Waals surface area contributed by atoms with Gasteiger partial charge in [0.1, 0.15) is 5.82 Å². The lowest BCUT2D eigenvalue weighted by Crippen LogP contribution is -1.92. The predicted octanol–water partition coefficient (Wildman–Crippen LogP) is 2.38. The maximum Gasteiger partial charge on any atom is 0.125 e. The fourth-order valence-electron chi connectivity index (χ4n) is 1.19. The van der Waals surface area contributed by atoms with Gasteiger partial charge >= 0.3 is 0 Å². The molecule has 14 heavy (non-hydrogen) atoms. The van der Waals surface area contributed by atoms with Gasteiger partial charge in [0.15, 0.2) is 0 Å². The largest absolute Gasteiger partial charge is 0.384 e. The van der Waals surface area contributed by atoms with Crippen molar-refractivity contribution in [2.75, 3.05) is 5.73 Å². The molecule has 2 N–H and O–H groups in total. The van der Waals surface area contributed by atoms with Crippen LogP contribution in [0.3, 0.4) is 0 Å². The van der Waals surface area contributed by atoms with E-state index in [9.17, 15) is 0 Å². The van der Waals surface area contributed by atoms with E-state index in [0.717, 1.165) is 11.3 Å². The highest BCUT2D eigenvalue weighted by Crippen LogP contribution is 2.21. The van der Waals surface area contributed by atoms with Gasteiger partial charge in [-0.15, -0.1) is 0 Å². The zero-order chi connectivity index (χ0) is 9.97. The highest BCUT2D eigenvalue weighted by molar-refractivity contribution is 6.31. The minimum Gasteiger partial charge on any atom is -0.384 e. The van der Waals surface area contributed by atoms with Crippen molar-refractivity contribution in [3.63, 3.8) is 0 Å². The average molecular weight is 206 g/mol. The minimum atomic E-state index is 0.421. The predicted molar refractivity (Wildman–Crippen MR) is 56.9 cm³/mol. The SMILES string of the molecule is Nc1cc(Cl)cc(-c2ccncc2)n1. The molecular weight excluding hydrogens is 198 g/mol. The molecule has 0 aromatic carbocycles.